The molecule has 0 unspecified atom stereocenters. The molecule has 4 fully saturated rings. The van der Waals surface area contributed by atoms with Crippen LogP contribution >= 0.6 is 0 Å². The van der Waals surface area contributed by atoms with E-state index in [0.29, 0.717) is 11.2 Å². The van der Waals surface area contributed by atoms with Crippen LogP contribution in [0.3, 0.4) is 0 Å². The van der Waals surface area contributed by atoms with E-state index in [-0.39, 0.29) is 0 Å². The van der Waals surface area contributed by atoms with E-state index in [4.69, 9.17) is 9.84 Å². The van der Waals surface area contributed by atoms with Crippen LogP contribution in [0.15, 0.2) is 53.6 Å². The SMILES string of the molecule is C[C@H](Oc1ccc(/C=N/NC(=O)Nc2ccc(C34CC5CC(CC(C5)C3)C4)cc2)cc1)C(=O)O. The summed E-state index contributed by atoms with van der Waals surface area (Å²) in [5.41, 5.74) is 5.75. The number of anilines is 1. The van der Waals surface area contributed by atoms with Gasteiger partial charge in [0.2, 0.25) is 0 Å². The van der Waals surface area contributed by atoms with Crippen molar-refractivity contribution in [1.82, 2.24) is 5.43 Å². The summed E-state index contributed by atoms with van der Waals surface area (Å²) in [5, 5.41) is 15.7. The van der Waals surface area contributed by atoms with Gasteiger partial charge in [0.15, 0.2) is 6.10 Å². The number of hydrogen-bond acceptors (Lipinski definition) is 4. The first-order valence-electron chi connectivity index (χ1n) is 12.1. The first-order valence-corrected chi connectivity index (χ1v) is 12.1. The summed E-state index contributed by atoms with van der Waals surface area (Å²) < 4.78 is 5.29. The third kappa shape index (κ3) is 4.79. The molecule has 4 saturated carbocycles. The average molecular weight is 462 g/mol. The number of hydrogen-bond donors (Lipinski definition) is 3. The Bertz CT molecular complexity index is 1040. The Morgan fingerprint density at radius 1 is 1.00 bits per heavy atom. The average Bonchev–Trinajstić information content (AvgIpc) is 2.79. The highest BCUT2D eigenvalue weighted by Crippen LogP contribution is 2.60. The van der Waals surface area contributed by atoms with Crippen LogP contribution in [0, 0.1) is 17.8 Å². The zero-order valence-corrected chi connectivity index (χ0v) is 19.4. The van der Waals surface area contributed by atoms with Gasteiger partial charge in [0.05, 0.1) is 6.21 Å². The minimum atomic E-state index is -1.02. The second-order valence-electron chi connectivity index (χ2n) is 10.3. The standard InChI is InChI=1S/C27H31N3O4/c1-17(25(31)32)34-24-8-2-18(3-9-24)16-28-30-26(33)29-23-6-4-22(5-7-23)27-13-19-10-20(14-27)12-21(11-19)15-27/h2-9,16-17,19-21H,10-15H2,1H3,(H,31,32)(H2,29,30,33)/b28-16+/t17-,19?,20?,21?,27?/m0/s1. The number of aliphatic carboxylic acids is 1. The lowest BCUT2D eigenvalue weighted by Crippen LogP contribution is -2.48. The van der Waals surface area contributed by atoms with Crippen molar-refractivity contribution >= 4 is 23.9 Å². The molecule has 178 valence electrons. The highest BCUT2D eigenvalue weighted by Gasteiger charge is 2.51. The maximum absolute atomic E-state index is 12.2. The van der Waals surface area contributed by atoms with E-state index in [1.807, 2.05) is 12.1 Å². The van der Waals surface area contributed by atoms with Crippen molar-refractivity contribution in [2.24, 2.45) is 22.9 Å². The van der Waals surface area contributed by atoms with Gasteiger partial charge in [0, 0.05) is 5.69 Å². The predicted octanol–water partition coefficient (Wildman–Crippen LogP) is 5.16. The number of nitrogens with one attached hydrogen (secondary N) is 2. The summed E-state index contributed by atoms with van der Waals surface area (Å²) in [4.78, 5) is 23.1. The molecule has 0 aromatic heterocycles. The molecule has 4 aliphatic rings. The van der Waals surface area contributed by atoms with Gasteiger partial charge in [-0.05, 0) is 116 Å². The number of amides is 2. The molecule has 7 heteroatoms. The molecule has 0 heterocycles. The van der Waals surface area contributed by atoms with Crippen molar-refractivity contribution < 1.29 is 19.4 Å². The maximum atomic E-state index is 12.2. The Morgan fingerprint density at radius 3 is 2.15 bits per heavy atom. The summed E-state index contributed by atoms with van der Waals surface area (Å²) in [7, 11) is 0. The molecule has 6 rings (SSSR count). The highest BCUT2D eigenvalue weighted by atomic mass is 16.5. The summed E-state index contributed by atoms with van der Waals surface area (Å²) >= 11 is 0. The molecule has 2 aromatic rings. The van der Waals surface area contributed by atoms with E-state index in [0.717, 1.165) is 29.0 Å². The number of urea groups is 1. The van der Waals surface area contributed by atoms with Crippen LogP contribution in [0.25, 0.3) is 0 Å². The van der Waals surface area contributed by atoms with Gasteiger partial charge in [-0.3, -0.25) is 0 Å². The molecule has 4 bridgehead atoms. The molecule has 0 radical (unpaired) electrons. The molecule has 2 amide bonds. The van der Waals surface area contributed by atoms with E-state index in [2.05, 4.69) is 28.0 Å². The second-order valence-corrected chi connectivity index (χ2v) is 10.3. The third-order valence-electron chi connectivity index (χ3n) is 7.71. The topological polar surface area (TPSA) is 100 Å². The molecule has 4 aliphatic carbocycles. The van der Waals surface area contributed by atoms with Crippen LogP contribution in [-0.4, -0.2) is 29.4 Å². The number of carbonyl (C=O) groups excluding carboxylic acids is 1. The summed E-state index contributed by atoms with van der Waals surface area (Å²) in [5.74, 6) is 2.15. The van der Waals surface area contributed by atoms with Crippen LogP contribution in [0.4, 0.5) is 10.5 Å². The lowest BCUT2D eigenvalue weighted by molar-refractivity contribution is -0.144. The van der Waals surface area contributed by atoms with Crippen LogP contribution in [0.1, 0.15) is 56.6 Å². The van der Waals surface area contributed by atoms with Gasteiger partial charge < -0.3 is 15.2 Å². The van der Waals surface area contributed by atoms with Gasteiger partial charge in [-0.25, -0.2) is 15.0 Å². The Morgan fingerprint density at radius 2 is 1.59 bits per heavy atom. The fraction of sp³-hybridized carbons (Fsp3) is 0.444. The van der Waals surface area contributed by atoms with Crippen LogP contribution in [0.5, 0.6) is 5.75 Å². The quantitative estimate of drug-likeness (QED) is 0.392. The van der Waals surface area contributed by atoms with Crippen molar-refractivity contribution in [3.05, 3.63) is 59.7 Å². The van der Waals surface area contributed by atoms with Crippen LogP contribution in [0.2, 0.25) is 0 Å². The lowest BCUT2D eigenvalue weighted by atomic mass is 9.48. The number of benzene rings is 2. The molecule has 0 saturated heterocycles. The summed E-state index contributed by atoms with van der Waals surface area (Å²) in [6.45, 7) is 1.47. The monoisotopic (exact) mass is 461 g/mol. The fourth-order valence-electron chi connectivity index (χ4n) is 6.58. The number of carboxylic acid groups (broad SMARTS) is 1. The number of rotatable bonds is 7. The summed E-state index contributed by atoms with van der Waals surface area (Å²) in [6, 6.07) is 14.8. The first kappa shape index (κ1) is 22.4. The van der Waals surface area contributed by atoms with Gasteiger partial charge in [0.1, 0.15) is 5.75 Å². The molecule has 7 nitrogen and oxygen atoms in total. The number of hydrazone groups is 1. The van der Waals surface area contributed by atoms with Crippen LogP contribution in [-0.2, 0) is 10.2 Å². The van der Waals surface area contributed by atoms with E-state index in [9.17, 15) is 9.59 Å². The Hall–Kier alpha value is -3.35. The zero-order valence-electron chi connectivity index (χ0n) is 19.4. The minimum Gasteiger partial charge on any atom is -0.479 e. The molecule has 2 aromatic carbocycles. The Kier molecular flexibility index (Phi) is 6.02. The third-order valence-corrected chi connectivity index (χ3v) is 7.71. The van der Waals surface area contributed by atoms with Crippen molar-refractivity contribution in [3.63, 3.8) is 0 Å². The molecular formula is C27H31N3O4. The van der Waals surface area contributed by atoms with E-state index >= 15 is 0 Å². The van der Waals surface area contributed by atoms with E-state index < -0.39 is 18.1 Å². The Labute approximate surface area is 199 Å². The predicted molar refractivity (Wildman–Crippen MR) is 130 cm³/mol. The molecule has 0 spiro atoms. The molecule has 0 aliphatic heterocycles. The van der Waals surface area contributed by atoms with Gasteiger partial charge in [-0.2, -0.15) is 5.10 Å². The molecule has 3 N–H and O–H groups in total. The number of ether oxygens (including phenoxy) is 1. The van der Waals surface area contributed by atoms with Gasteiger partial charge in [-0.15, -0.1) is 0 Å². The van der Waals surface area contributed by atoms with Crippen molar-refractivity contribution in [3.8, 4) is 5.75 Å². The van der Waals surface area contributed by atoms with Gasteiger partial charge in [0.25, 0.3) is 0 Å². The van der Waals surface area contributed by atoms with Crippen molar-refractivity contribution in [1.29, 1.82) is 0 Å². The van der Waals surface area contributed by atoms with Crippen molar-refractivity contribution in [2.75, 3.05) is 5.32 Å². The molecule has 1 atom stereocenters. The van der Waals surface area contributed by atoms with Gasteiger partial charge in [-0.1, -0.05) is 12.1 Å². The second kappa shape index (κ2) is 9.12. The number of nitrogens with zero attached hydrogens (tertiary/aromatic N) is 1. The van der Waals surface area contributed by atoms with Gasteiger partial charge >= 0.3 is 12.0 Å². The maximum Gasteiger partial charge on any atom is 0.344 e. The number of carbonyl (C=O) groups is 2. The smallest absolute Gasteiger partial charge is 0.344 e. The largest absolute Gasteiger partial charge is 0.479 e. The molecular weight excluding hydrogens is 430 g/mol. The first-order chi connectivity index (χ1) is 16.4. The highest BCUT2D eigenvalue weighted by molar-refractivity contribution is 5.90. The fourth-order valence-corrected chi connectivity index (χ4v) is 6.58. The normalized spacial score (nSPS) is 28.0. The number of carboxylic acids is 1. The summed E-state index contributed by atoms with van der Waals surface area (Å²) in [6.07, 6.45) is 8.86. The lowest BCUT2D eigenvalue weighted by Gasteiger charge is -2.57. The van der Waals surface area contributed by atoms with Crippen LogP contribution < -0.4 is 15.5 Å². The minimum absolute atomic E-state index is 0.353. The van der Waals surface area contributed by atoms with E-state index in [1.165, 1.54) is 57.2 Å². The molecule has 34 heavy (non-hydrogen) atoms. The zero-order chi connectivity index (χ0) is 23.7. The Balaban J connectivity index is 1.13. The van der Waals surface area contributed by atoms with Crippen molar-refractivity contribution in [2.45, 2.75) is 57.0 Å². The van der Waals surface area contributed by atoms with E-state index in [1.54, 1.807) is 24.3 Å².